The first-order valence-corrected chi connectivity index (χ1v) is 7.12. The molecule has 0 amide bonds. The highest BCUT2D eigenvalue weighted by molar-refractivity contribution is 6.42. The van der Waals surface area contributed by atoms with Crippen molar-refractivity contribution in [1.82, 2.24) is 15.1 Å². The fourth-order valence-corrected chi connectivity index (χ4v) is 2.20. The van der Waals surface area contributed by atoms with Crippen molar-refractivity contribution in [2.75, 3.05) is 6.54 Å². The first kappa shape index (κ1) is 14.4. The van der Waals surface area contributed by atoms with E-state index in [1.54, 1.807) is 6.07 Å². The molecular formula is C14H17Cl2N3. The number of aromatic nitrogens is 2. The molecule has 19 heavy (non-hydrogen) atoms. The van der Waals surface area contributed by atoms with Gasteiger partial charge >= 0.3 is 0 Å². The monoisotopic (exact) mass is 297 g/mol. The molecule has 0 saturated heterocycles. The van der Waals surface area contributed by atoms with Gasteiger partial charge in [0.1, 0.15) is 0 Å². The van der Waals surface area contributed by atoms with Crippen LogP contribution in [-0.4, -0.2) is 16.3 Å². The summed E-state index contributed by atoms with van der Waals surface area (Å²) in [5.74, 6) is 0. The molecule has 0 aliphatic rings. The number of nitrogens with zero attached hydrogens (tertiary/aromatic N) is 2. The summed E-state index contributed by atoms with van der Waals surface area (Å²) in [6.45, 7) is 4.58. The number of benzene rings is 1. The predicted molar refractivity (Wildman–Crippen MR) is 79.8 cm³/mol. The van der Waals surface area contributed by atoms with Crippen LogP contribution in [0.5, 0.6) is 0 Å². The van der Waals surface area contributed by atoms with Crippen LogP contribution in [0.2, 0.25) is 10.0 Å². The molecule has 5 heteroatoms. The molecule has 0 saturated carbocycles. The summed E-state index contributed by atoms with van der Waals surface area (Å²) in [6, 6.07) is 7.67. The number of hydrogen-bond donors (Lipinski definition) is 1. The predicted octanol–water partition coefficient (Wildman–Crippen LogP) is 3.74. The van der Waals surface area contributed by atoms with Crippen LogP contribution in [0.4, 0.5) is 0 Å². The first-order valence-electron chi connectivity index (χ1n) is 6.36. The van der Waals surface area contributed by atoms with Gasteiger partial charge in [-0.3, -0.25) is 4.68 Å². The molecule has 1 aromatic carbocycles. The summed E-state index contributed by atoms with van der Waals surface area (Å²) < 4.78 is 1.88. The molecule has 1 aromatic heterocycles. The highest BCUT2D eigenvalue weighted by atomic mass is 35.5. The van der Waals surface area contributed by atoms with E-state index < -0.39 is 0 Å². The molecule has 0 radical (unpaired) electrons. The van der Waals surface area contributed by atoms with Crippen LogP contribution in [0.1, 0.15) is 24.6 Å². The van der Waals surface area contributed by atoms with Crippen LogP contribution in [0, 0.1) is 0 Å². The van der Waals surface area contributed by atoms with E-state index in [9.17, 15) is 0 Å². The summed E-state index contributed by atoms with van der Waals surface area (Å²) in [5, 5.41) is 9.01. The maximum Gasteiger partial charge on any atom is 0.0762 e. The van der Waals surface area contributed by atoms with Crippen LogP contribution in [0.3, 0.4) is 0 Å². The number of halogens is 2. The highest BCUT2D eigenvalue weighted by Crippen LogP contribution is 2.25. The van der Waals surface area contributed by atoms with Crippen LogP contribution in [0.15, 0.2) is 30.5 Å². The van der Waals surface area contributed by atoms with Gasteiger partial charge in [-0.1, -0.05) is 42.3 Å². The van der Waals surface area contributed by atoms with Crippen molar-refractivity contribution in [2.45, 2.75) is 26.4 Å². The van der Waals surface area contributed by atoms with Crippen molar-refractivity contribution in [3.05, 3.63) is 51.8 Å². The first-order chi connectivity index (χ1) is 9.20. The van der Waals surface area contributed by atoms with Gasteiger partial charge in [0.2, 0.25) is 0 Å². The fraction of sp³-hybridized carbons (Fsp3) is 0.357. The summed E-state index contributed by atoms with van der Waals surface area (Å²) in [4.78, 5) is 0. The lowest BCUT2D eigenvalue weighted by molar-refractivity contribution is 0.628. The van der Waals surface area contributed by atoms with Crippen LogP contribution in [0.25, 0.3) is 0 Å². The molecular weight excluding hydrogens is 281 g/mol. The largest absolute Gasteiger partial charge is 0.311 e. The van der Waals surface area contributed by atoms with Gasteiger partial charge in [0, 0.05) is 12.7 Å². The minimum atomic E-state index is 0.580. The standard InChI is InChI=1S/C14H17Cl2N3/c1-2-7-17-9-12-6-8-19(18-12)10-11-4-3-5-13(15)14(11)16/h3-6,8,17H,2,7,9-10H2,1H3. The van der Waals surface area contributed by atoms with Crippen LogP contribution in [-0.2, 0) is 13.1 Å². The highest BCUT2D eigenvalue weighted by Gasteiger charge is 2.06. The Kier molecular flexibility index (Phi) is 5.25. The Balaban J connectivity index is 2.01. The van der Waals surface area contributed by atoms with Gasteiger partial charge < -0.3 is 5.32 Å². The second kappa shape index (κ2) is 6.94. The van der Waals surface area contributed by atoms with E-state index >= 15 is 0 Å². The third-order valence-electron chi connectivity index (χ3n) is 2.79. The quantitative estimate of drug-likeness (QED) is 0.823. The maximum absolute atomic E-state index is 6.17. The van der Waals surface area contributed by atoms with Crippen molar-refractivity contribution in [3.8, 4) is 0 Å². The van der Waals surface area contributed by atoms with Crippen molar-refractivity contribution >= 4 is 23.2 Å². The zero-order valence-electron chi connectivity index (χ0n) is 10.9. The Labute approximate surface area is 123 Å². The van der Waals surface area contributed by atoms with Crippen molar-refractivity contribution in [1.29, 1.82) is 0 Å². The molecule has 102 valence electrons. The SMILES string of the molecule is CCCNCc1ccn(Cc2cccc(Cl)c2Cl)n1. The Morgan fingerprint density at radius 1 is 1.26 bits per heavy atom. The van der Waals surface area contributed by atoms with E-state index in [0.29, 0.717) is 16.6 Å². The average Bonchev–Trinajstić information content (AvgIpc) is 2.83. The Hall–Kier alpha value is -1.03. The zero-order chi connectivity index (χ0) is 13.7. The molecule has 0 spiro atoms. The molecule has 0 aliphatic heterocycles. The minimum Gasteiger partial charge on any atom is -0.311 e. The third-order valence-corrected chi connectivity index (χ3v) is 3.65. The van der Waals surface area contributed by atoms with Crippen molar-refractivity contribution in [2.24, 2.45) is 0 Å². The molecule has 0 unspecified atom stereocenters. The van der Waals surface area contributed by atoms with E-state index in [4.69, 9.17) is 23.2 Å². The maximum atomic E-state index is 6.17. The lowest BCUT2D eigenvalue weighted by atomic mass is 10.2. The van der Waals surface area contributed by atoms with Gasteiger partial charge in [-0.25, -0.2) is 0 Å². The van der Waals surface area contributed by atoms with E-state index in [0.717, 1.165) is 30.8 Å². The van der Waals surface area contributed by atoms with Gasteiger partial charge in [-0.15, -0.1) is 0 Å². The van der Waals surface area contributed by atoms with Gasteiger partial charge in [0.05, 0.1) is 22.3 Å². The van der Waals surface area contributed by atoms with Gasteiger partial charge in [-0.05, 0) is 30.7 Å². The van der Waals surface area contributed by atoms with Crippen molar-refractivity contribution < 1.29 is 0 Å². The second-order valence-electron chi connectivity index (χ2n) is 4.39. The Bertz CT molecular complexity index is 537. The number of nitrogens with one attached hydrogen (secondary N) is 1. The lowest BCUT2D eigenvalue weighted by Crippen LogP contribution is -2.14. The summed E-state index contributed by atoms with van der Waals surface area (Å²) in [6.07, 6.45) is 3.08. The van der Waals surface area contributed by atoms with E-state index in [-0.39, 0.29) is 0 Å². The van der Waals surface area contributed by atoms with E-state index in [1.165, 1.54) is 0 Å². The van der Waals surface area contributed by atoms with Crippen LogP contribution < -0.4 is 5.32 Å². The molecule has 1 heterocycles. The topological polar surface area (TPSA) is 29.9 Å². The molecule has 2 aromatic rings. The summed E-state index contributed by atoms with van der Waals surface area (Å²) >= 11 is 12.2. The average molecular weight is 298 g/mol. The molecule has 2 rings (SSSR count). The van der Waals surface area contributed by atoms with Gasteiger partial charge in [0.15, 0.2) is 0 Å². The molecule has 0 atom stereocenters. The van der Waals surface area contributed by atoms with E-state index in [1.807, 2.05) is 29.1 Å². The molecule has 0 bridgehead atoms. The van der Waals surface area contributed by atoms with Crippen LogP contribution >= 0.6 is 23.2 Å². The molecule has 0 fully saturated rings. The normalized spacial score (nSPS) is 10.9. The Morgan fingerprint density at radius 3 is 2.89 bits per heavy atom. The Morgan fingerprint density at radius 2 is 2.11 bits per heavy atom. The number of hydrogen-bond acceptors (Lipinski definition) is 2. The minimum absolute atomic E-state index is 0.580. The fourth-order valence-electron chi connectivity index (χ4n) is 1.82. The van der Waals surface area contributed by atoms with Gasteiger partial charge in [-0.2, -0.15) is 5.10 Å². The smallest absolute Gasteiger partial charge is 0.0762 e. The zero-order valence-corrected chi connectivity index (χ0v) is 12.4. The second-order valence-corrected chi connectivity index (χ2v) is 5.18. The summed E-state index contributed by atoms with van der Waals surface area (Å²) in [7, 11) is 0. The molecule has 0 aliphatic carbocycles. The van der Waals surface area contributed by atoms with E-state index in [2.05, 4.69) is 17.3 Å². The molecule has 1 N–H and O–H groups in total. The van der Waals surface area contributed by atoms with Gasteiger partial charge in [0.25, 0.3) is 0 Å². The number of rotatable bonds is 6. The van der Waals surface area contributed by atoms with Crippen molar-refractivity contribution in [3.63, 3.8) is 0 Å². The lowest BCUT2D eigenvalue weighted by Gasteiger charge is -2.06. The molecule has 3 nitrogen and oxygen atoms in total. The summed E-state index contributed by atoms with van der Waals surface area (Å²) in [5.41, 5.74) is 2.01. The third kappa shape index (κ3) is 3.96.